The van der Waals surface area contributed by atoms with Gasteiger partial charge >= 0.3 is 0 Å². The lowest BCUT2D eigenvalue weighted by molar-refractivity contribution is 0.0993. The number of anilines is 1. The third-order valence-corrected chi connectivity index (χ3v) is 7.45. The summed E-state index contributed by atoms with van der Waals surface area (Å²) in [6.07, 6.45) is 3.91. The molecule has 9 heteroatoms. The van der Waals surface area contributed by atoms with E-state index in [0.717, 1.165) is 58.1 Å². The summed E-state index contributed by atoms with van der Waals surface area (Å²) in [5, 5.41) is 22.8. The summed E-state index contributed by atoms with van der Waals surface area (Å²) >= 11 is 0. The van der Waals surface area contributed by atoms with Crippen molar-refractivity contribution in [3.63, 3.8) is 0 Å². The van der Waals surface area contributed by atoms with Gasteiger partial charge in [-0.1, -0.05) is 17.3 Å². The van der Waals surface area contributed by atoms with E-state index in [2.05, 4.69) is 31.3 Å². The summed E-state index contributed by atoms with van der Waals surface area (Å²) in [6, 6.07) is 14.2. The van der Waals surface area contributed by atoms with E-state index in [9.17, 15) is 10.1 Å². The highest BCUT2D eigenvalue weighted by Gasteiger charge is 2.23. The number of hydrogen-bond donors (Lipinski definition) is 0. The van der Waals surface area contributed by atoms with E-state index in [1.54, 1.807) is 10.9 Å². The zero-order chi connectivity index (χ0) is 29.2. The number of carbonyl (C=O) groups excluding carboxylic acids is 1. The second kappa shape index (κ2) is 11.4. The molecule has 0 saturated carbocycles. The topological polar surface area (TPSA) is 95.9 Å². The number of nitriles is 1. The molecule has 0 saturated heterocycles. The van der Waals surface area contributed by atoms with Gasteiger partial charge in [0, 0.05) is 56.1 Å². The number of carbonyl (C=O) groups is 1. The van der Waals surface area contributed by atoms with Gasteiger partial charge in [-0.05, 0) is 82.7 Å². The molecular weight excluding hydrogens is 500 g/mol. The molecule has 0 aliphatic rings. The molecule has 0 N–H and O–H groups in total. The van der Waals surface area contributed by atoms with Crippen LogP contribution in [0.2, 0.25) is 0 Å². The van der Waals surface area contributed by atoms with Gasteiger partial charge in [-0.25, -0.2) is 4.68 Å². The van der Waals surface area contributed by atoms with Crippen molar-refractivity contribution in [3.05, 3.63) is 76.7 Å². The minimum atomic E-state index is -0.720. The first kappa shape index (κ1) is 28.7. The van der Waals surface area contributed by atoms with Crippen LogP contribution in [0.5, 0.6) is 0 Å². The van der Waals surface area contributed by atoms with Crippen molar-refractivity contribution >= 4 is 11.5 Å². The summed E-state index contributed by atoms with van der Waals surface area (Å²) in [7, 11) is 7.99. The number of aromatic nitrogens is 5. The third kappa shape index (κ3) is 6.13. The summed E-state index contributed by atoms with van der Waals surface area (Å²) in [5.74, 6) is -0.00193. The van der Waals surface area contributed by atoms with Gasteiger partial charge in [-0.15, -0.1) is 5.10 Å². The fourth-order valence-corrected chi connectivity index (χ4v) is 4.45. The number of nitrogens with zero attached hydrogens (tertiary/aromatic N) is 8. The van der Waals surface area contributed by atoms with Crippen molar-refractivity contribution in [1.82, 2.24) is 29.7 Å². The van der Waals surface area contributed by atoms with Gasteiger partial charge in [0.2, 0.25) is 0 Å². The summed E-state index contributed by atoms with van der Waals surface area (Å²) < 4.78 is 3.56. The highest BCUT2D eigenvalue weighted by Crippen LogP contribution is 2.29. The molecule has 2 heterocycles. The molecule has 2 aromatic heterocycles. The molecule has 208 valence electrons. The Kier molecular flexibility index (Phi) is 8.21. The van der Waals surface area contributed by atoms with Crippen LogP contribution >= 0.6 is 0 Å². The molecule has 0 spiro atoms. The molecule has 0 radical (unpaired) electrons. The number of aryl methyl sites for hydroxylation is 2. The van der Waals surface area contributed by atoms with E-state index in [4.69, 9.17) is 0 Å². The Bertz CT molecular complexity index is 1570. The van der Waals surface area contributed by atoms with Crippen LogP contribution in [0, 0.1) is 25.2 Å². The fraction of sp³-hybridized carbons (Fsp3) is 0.387. The van der Waals surface area contributed by atoms with Gasteiger partial charge in [-0.3, -0.25) is 9.48 Å². The van der Waals surface area contributed by atoms with Crippen molar-refractivity contribution in [3.8, 4) is 23.0 Å². The highest BCUT2D eigenvalue weighted by molar-refractivity contribution is 5.98. The van der Waals surface area contributed by atoms with Crippen molar-refractivity contribution in [2.75, 3.05) is 39.1 Å². The lowest BCUT2D eigenvalue weighted by atomic mass is 9.84. The molecule has 0 atom stereocenters. The average molecular weight is 539 g/mol. The Hall–Kier alpha value is -4.29. The predicted octanol–water partition coefficient (Wildman–Crippen LogP) is 4.51. The van der Waals surface area contributed by atoms with Gasteiger partial charge in [0.05, 0.1) is 29.6 Å². The van der Waals surface area contributed by atoms with Gasteiger partial charge in [0.25, 0.3) is 0 Å². The minimum Gasteiger partial charge on any atom is -0.373 e. The molecule has 0 unspecified atom stereocenters. The van der Waals surface area contributed by atoms with E-state index in [0.29, 0.717) is 5.56 Å². The van der Waals surface area contributed by atoms with Gasteiger partial charge in [-0.2, -0.15) is 10.4 Å². The molecule has 0 amide bonds. The highest BCUT2D eigenvalue weighted by atomic mass is 16.1. The Morgan fingerprint density at radius 3 is 2.48 bits per heavy atom. The molecule has 4 rings (SSSR count). The van der Waals surface area contributed by atoms with Crippen molar-refractivity contribution in [1.29, 1.82) is 5.26 Å². The Morgan fingerprint density at radius 2 is 1.82 bits per heavy atom. The molecular formula is C31H38N8O. The molecule has 0 fully saturated rings. The lowest BCUT2D eigenvalue weighted by Gasteiger charge is -2.25. The summed E-state index contributed by atoms with van der Waals surface area (Å²) in [6.45, 7) is 9.45. The van der Waals surface area contributed by atoms with E-state index in [1.165, 1.54) is 0 Å². The monoisotopic (exact) mass is 538 g/mol. The Morgan fingerprint density at radius 1 is 1.07 bits per heavy atom. The summed E-state index contributed by atoms with van der Waals surface area (Å²) in [4.78, 5) is 17.9. The first-order valence-corrected chi connectivity index (χ1v) is 13.4. The van der Waals surface area contributed by atoms with Crippen LogP contribution in [-0.2, 0) is 18.9 Å². The molecule has 0 aliphatic heterocycles. The maximum absolute atomic E-state index is 13.6. The largest absolute Gasteiger partial charge is 0.373 e. The van der Waals surface area contributed by atoms with Crippen molar-refractivity contribution in [2.24, 2.45) is 7.05 Å². The van der Waals surface area contributed by atoms with E-state index >= 15 is 0 Å². The SMILES string of the molecule is Cc1ccc(CC(=O)c2cc(N(C)CCN(C)C)cc(C(C)(C)C#N)c2)cc1-n1cc(-c2cnn(C)c2C)nn1. The molecule has 40 heavy (non-hydrogen) atoms. The van der Waals surface area contributed by atoms with Crippen LogP contribution in [0.4, 0.5) is 5.69 Å². The van der Waals surface area contributed by atoms with Gasteiger partial charge < -0.3 is 9.80 Å². The first-order valence-electron chi connectivity index (χ1n) is 13.4. The smallest absolute Gasteiger partial charge is 0.167 e. The van der Waals surface area contributed by atoms with Gasteiger partial charge in [0.1, 0.15) is 5.69 Å². The summed E-state index contributed by atoms with van der Waals surface area (Å²) in [5.41, 5.74) is 7.11. The van der Waals surface area contributed by atoms with Crippen LogP contribution in [-0.4, -0.2) is 69.7 Å². The number of hydrogen-bond acceptors (Lipinski definition) is 7. The van der Waals surface area contributed by atoms with Gasteiger partial charge in [0.15, 0.2) is 5.78 Å². The van der Waals surface area contributed by atoms with E-state index in [1.807, 2.05) is 103 Å². The standard InChI is InChI=1S/C31H38N8O/c1-21-9-10-23(13-29(21)39-19-28(34-35-39)27-18-33-38(8)22(27)2)14-30(40)24-15-25(31(3,4)20-32)17-26(16-24)37(7)12-11-36(5)6/h9-10,13,15-19H,11-12,14H2,1-8H3. The molecule has 0 bridgehead atoms. The number of benzene rings is 2. The zero-order valence-electron chi connectivity index (χ0n) is 24.7. The molecule has 4 aromatic rings. The van der Waals surface area contributed by atoms with Crippen LogP contribution in [0.25, 0.3) is 16.9 Å². The van der Waals surface area contributed by atoms with Crippen LogP contribution in [0.15, 0.2) is 48.8 Å². The molecule has 2 aromatic carbocycles. The minimum absolute atomic E-state index is 0.00193. The first-order chi connectivity index (χ1) is 18.9. The predicted molar refractivity (Wildman–Crippen MR) is 158 cm³/mol. The van der Waals surface area contributed by atoms with Crippen LogP contribution in [0.1, 0.15) is 46.6 Å². The second-order valence-electron chi connectivity index (χ2n) is 11.3. The lowest BCUT2D eigenvalue weighted by Crippen LogP contribution is -2.29. The molecule has 0 aliphatic carbocycles. The van der Waals surface area contributed by atoms with Crippen LogP contribution in [0.3, 0.4) is 0 Å². The average Bonchev–Trinajstić information content (AvgIpc) is 3.54. The normalized spacial score (nSPS) is 11.6. The Labute approximate surface area is 236 Å². The maximum atomic E-state index is 13.6. The molecule has 9 nitrogen and oxygen atoms in total. The maximum Gasteiger partial charge on any atom is 0.167 e. The number of likely N-dealkylation sites (N-methyl/N-ethyl adjacent to an activating group) is 2. The fourth-order valence-electron chi connectivity index (χ4n) is 4.45. The van der Waals surface area contributed by atoms with Crippen molar-refractivity contribution < 1.29 is 4.79 Å². The quantitative estimate of drug-likeness (QED) is 0.274. The van der Waals surface area contributed by atoms with Crippen molar-refractivity contribution in [2.45, 2.75) is 39.5 Å². The second-order valence-corrected chi connectivity index (χ2v) is 11.3. The number of Topliss-reactive ketones (excluding diaryl/α,β-unsaturated/α-hetero) is 1. The number of ketones is 1. The zero-order valence-corrected chi connectivity index (χ0v) is 24.7. The van der Waals surface area contributed by atoms with Crippen LogP contribution < -0.4 is 4.90 Å². The number of rotatable bonds is 10. The van der Waals surface area contributed by atoms with E-state index < -0.39 is 5.41 Å². The van der Waals surface area contributed by atoms with E-state index in [-0.39, 0.29) is 12.2 Å². The third-order valence-electron chi connectivity index (χ3n) is 7.45. The Balaban J connectivity index is 1.63.